The molecule has 0 saturated carbocycles. The summed E-state index contributed by atoms with van der Waals surface area (Å²) in [6, 6.07) is 5.84. The molecule has 0 heterocycles. The molecule has 1 aromatic carbocycles. The Balaban J connectivity index is 2.55. The summed E-state index contributed by atoms with van der Waals surface area (Å²) >= 11 is 0. The van der Waals surface area contributed by atoms with Crippen LogP contribution in [0.15, 0.2) is 30.4 Å². The zero-order valence-corrected chi connectivity index (χ0v) is 10.8. The molecule has 0 aliphatic carbocycles. The second-order valence-electron chi connectivity index (χ2n) is 3.71. The maximum atomic E-state index is 5.31. The molecular weight excluding hydrogens is 214 g/mol. The van der Waals surface area contributed by atoms with E-state index < -0.39 is 0 Å². The third-order valence-corrected chi connectivity index (χ3v) is 2.53. The highest BCUT2D eigenvalue weighted by atomic mass is 16.5. The Kier molecular flexibility index (Phi) is 6.18. The van der Waals surface area contributed by atoms with Crippen LogP contribution in [-0.4, -0.2) is 20.8 Å². The van der Waals surface area contributed by atoms with Crippen molar-refractivity contribution >= 4 is 0 Å². The van der Waals surface area contributed by atoms with Crippen LogP contribution >= 0.6 is 0 Å². The van der Waals surface area contributed by atoms with Gasteiger partial charge in [-0.1, -0.05) is 12.2 Å². The molecule has 0 aliphatic heterocycles. The Hall–Kier alpha value is -1.48. The van der Waals surface area contributed by atoms with Crippen molar-refractivity contribution < 1.29 is 9.47 Å². The molecule has 94 valence electrons. The van der Waals surface area contributed by atoms with E-state index in [4.69, 9.17) is 9.47 Å². The van der Waals surface area contributed by atoms with Crippen LogP contribution in [-0.2, 0) is 6.54 Å². The van der Waals surface area contributed by atoms with E-state index in [9.17, 15) is 0 Å². The molecule has 0 fully saturated rings. The molecule has 0 unspecified atom stereocenters. The van der Waals surface area contributed by atoms with Crippen molar-refractivity contribution in [3.05, 3.63) is 35.9 Å². The van der Waals surface area contributed by atoms with E-state index in [0.29, 0.717) is 0 Å². The van der Waals surface area contributed by atoms with Crippen LogP contribution in [0.4, 0.5) is 0 Å². The maximum Gasteiger partial charge on any atom is 0.123 e. The lowest BCUT2D eigenvalue weighted by atomic mass is 10.2. The average molecular weight is 235 g/mol. The van der Waals surface area contributed by atoms with Gasteiger partial charge >= 0.3 is 0 Å². The van der Waals surface area contributed by atoms with Crippen LogP contribution in [0.3, 0.4) is 0 Å². The molecule has 0 bridgehead atoms. The molecule has 0 atom stereocenters. The Labute approximate surface area is 103 Å². The minimum absolute atomic E-state index is 0.790. The number of ether oxygens (including phenoxy) is 2. The van der Waals surface area contributed by atoms with Gasteiger partial charge in [0.05, 0.1) is 14.2 Å². The molecule has 3 heteroatoms. The predicted molar refractivity (Wildman–Crippen MR) is 70.7 cm³/mol. The number of allylic oxidation sites excluding steroid dienone is 1. The van der Waals surface area contributed by atoms with Crippen LogP contribution in [0.2, 0.25) is 0 Å². The third kappa shape index (κ3) is 4.49. The summed E-state index contributed by atoms with van der Waals surface area (Å²) in [5.41, 5.74) is 1.12. The van der Waals surface area contributed by atoms with Gasteiger partial charge in [-0.05, 0) is 38.1 Å². The van der Waals surface area contributed by atoms with E-state index in [1.165, 1.54) is 0 Å². The summed E-state index contributed by atoms with van der Waals surface area (Å²) < 4.78 is 10.5. The molecule has 0 radical (unpaired) electrons. The van der Waals surface area contributed by atoms with Crippen LogP contribution in [0.1, 0.15) is 18.9 Å². The Morgan fingerprint density at radius 2 is 2.06 bits per heavy atom. The number of hydrogen-bond donors (Lipinski definition) is 1. The third-order valence-electron chi connectivity index (χ3n) is 2.53. The zero-order chi connectivity index (χ0) is 12.5. The lowest BCUT2D eigenvalue weighted by Gasteiger charge is -2.11. The van der Waals surface area contributed by atoms with Crippen molar-refractivity contribution in [2.45, 2.75) is 19.9 Å². The first-order valence-electron chi connectivity index (χ1n) is 5.84. The van der Waals surface area contributed by atoms with E-state index in [2.05, 4.69) is 17.5 Å². The topological polar surface area (TPSA) is 30.5 Å². The Morgan fingerprint density at radius 3 is 2.71 bits per heavy atom. The molecule has 0 saturated heterocycles. The fourth-order valence-corrected chi connectivity index (χ4v) is 1.60. The van der Waals surface area contributed by atoms with E-state index in [-0.39, 0.29) is 0 Å². The van der Waals surface area contributed by atoms with Gasteiger partial charge in [-0.2, -0.15) is 0 Å². The summed E-state index contributed by atoms with van der Waals surface area (Å²) in [5.74, 6) is 1.75. The van der Waals surface area contributed by atoms with Crippen LogP contribution in [0.5, 0.6) is 11.5 Å². The number of methoxy groups -OCH3 is 2. The maximum absolute atomic E-state index is 5.31. The largest absolute Gasteiger partial charge is 0.497 e. The van der Waals surface area contributed by atoms with Gasteiger partial charge < -0.3 is 14.8 Å². The lowest BCUT2D eigenvalue weighted by Crippen LogP contribution is -2.14. The van der Waals surface area contributed by atoms with Crippen molar-refractivity contribution in [1.82, 2.24) is 5.32 Å². The van der Waals surface area contributed by atoms with Gasteiger partial charge in [0.25, 0.3) is 0 Å². The van der Waals surface area contributed by atoms with E-state index in [1.54, 1.807) is 14.2 Å². The van der Waals surface area contributed by atoms with Gasteiger partial charge in [0.15, 0.2) is 0 Å². The van der Waals surface area contributed by atoms with Gasteiger partial charge in [-0.25, -0.2) is 0 Å². The van der Waals surface area contributed by atoms with Gasteiger partial charge in [-0.3, -0.25) is 0 Å². The smallest absolute Gasteiger partial charge is 0.123 e. The van der Waals surface area contributed by atoms with Gasteiger partial charge in [0.1, 0.15) is 11.5 Å². The number of hydrogen-bond acceptors (Lipinski definition) is 3. The molecule has 1 rings (SSSR count). The molecule has 17 heavy (non-hydrogen) atoms. The Bertz CT molecular complexity index is 361. The highest BCUT2D eigenvalue weighted by Crippen LogP contribution is 2.23. The normalized spacial score (nSPS) is 10.8. The molecule has 0 aliphatic rings. The summed E-state index contributed by atoms with van der Waals surface area (Å²) in [6.45, 7) is 3.79. The fourth-order valence-electron chi connectivity index (χ4n) is 1.60. The molecule has 3 nitrogen and oxygen atoms in total. The first-order valence-corrected chi connectivity index (χ1v) is 5.84. The SMILES string of the molecule is C/C=C/CCNCc1cc(OC)ccc1OC. The molecule has 1 aromatic rings. The number of nitrogens with one attached hydrogen (secondary N) is 1. The van der Waals surface area contributed by atoms with Crippen molar-refractivity contribution in [2.75, 3.05) is 20.8 Å². The van der Waals surface area contributed by atoms with E-state index >= 15 is 0 Å². The predicted octanol–water partition coefficient (Wildman–Crippen LogP) is 2.76. The monoisotopic (exact) mass is 235 g/mol. The summed E-state index contributed by atoms with van der Waals surface area (Å²) in [4.78, 5) is 0. The summed E-state index contributed by atoms with van der Waals surface area (Å²) in [6.07, 6.45) is 5.26. The van der Waals surface area contributed by atoms with Crippen molar-refractivity contribution in [1.29, 1.82) is 0 Å². The molecule has 0 spiro atoms. The molecule has 0 amide bonds. The minimum atomic E-state index is 0.790. The summed E-state index contributed by atoms with van der Waals surface area (Å²) in [5, 5.41) is 3.38. The molecular formula is C14H21NO2. The lowest BCUT2D eigenvalue weighted by molar-refractivity contribution is 0.397. The highest BCUT2D eigenvalue weighted by molar-refractivity contribution is 5.40. The van der Waals surface area contributed by atoms with Crippen molar-refractivity contribution in [2.24, 2.45) is 0 Å². The average Bonchev–Trinajstić information content (AvgIpc) is 2.38. The quantitative estimate of drug-likeness (QED) is 0.582. The zero-order valence-electron chi connectivity index (χ0n) is 10.8. The first kappa shape index (κ1) is 13.6. The standard InChI is InChI=1S/C14H21NO2/c1-4-5-6-9-15-11-12-10-13(16-2)7-8-14(12)17-3/h4-5,7-8,10,15H,6,9,11H2,1-3H3/b5-4+. The van der Waals surface area contributed by atoms with Gasteiger partial charge in [0.2, 0.25) is 0 Å². The van der Waals surface area contributed by atoms with Crippen molar-refractivity contribution in [3.63, 3.8) is 0 Å². The Morgan fingerprint density at radius 1 is 1.24 bits per heavy atom. The molecule has 1 N–H and O–H groups in total. The number of benzene rings is 1. The highest BCUT2D eigenvalue weighted by Gasteiger charge is 2.03. The van der Waals surface area contributed by atoms with Crippen molar-refractivity contribution in [3.8, 4) is 11.5 Å². The van der Waals surface area contributed by atoms with Gasteiger partial charge in [0, 0.05) is 12.1 Å². The van der Waals surface area contributed by atoms with E-state index in [0.717, 1.165) is 36.6 Å². The van der Waals surface area contributed by atoms with Gasteiger partial charge in [-0.15, -0.1) is 0 Å². The van der Waals surface area contributed by atoms with Crippen LogP contribution in [0.25, 0.3) is 0 Å². The first-order chi connectivity index (χ1) is 8.31. The van der Waals surface area contributed by atoms with E-state index in [1.807, 2.05) is 25.1 Å². The summed E-state index contributed by atoms with van der Waals surface area (Å²) in [7, 11) is 3.36. The minimum Gasteiger partial charge on any atom is -0.497 e. The second-order valence-corrected chi connectivity index (χ2v) is 3.71. The molecule has 0 aromatic heterocycles. The number of rotatable bonds is 7. The second kappa shape index (κ2) is 7.74. The van der Waals surface area contributed by atoms with Crippen LogP contribution < -0.4 is 14.8 Å². The fraction of sp³-hybridized carbons (Fsp3) is 0.429. The van der Waals surface area contributed by atoms with Crippen LogP contribution in [0, 0.1) is 0 Å².